The SMILES string of the molecule is CC1(C)[C@@H]2CC[C@]1(C)c1sc(=NCC[NH+]3CCCCC3)nnc12. The van der Waals surface area contributed by atoms with E-state index in [9.17, 15) is 0 Å². The Bertz CT molecular complexity index is 659. The molecule has 3 aliphatic rings. The molecule has 4 nitrogen and oxygen atoms in total. The van der Waals surface area contributed by atoms with Gasteiger partial charge in [-0.15, -0.1) is 5.10 Å². The van der Waals surface area contributed by atoms with Gasteiger partial charge in [0, 0.05) is 16.2 Å². The molecule has 5 heteroatoms. The molecular formula is C18H29N4S+. The van der Waals surface area contributed by atoms with Crippen LogP contribution in [0.2, 0.25) is 0 Å². The zero-order valence-electron chi connectivity index (χ0n) is 14.7. The van der Waals surface area contributed by atoms with Gasteiger partial charge in [0.2, 0.25) is 4.80 Å². The average Bonchev–Trinajstić information content (AvgIpc) is 2.88. The largest absolute Gasteiger partial charge is 0.333 e. The standard InChI is InChI=1S/C18H28N4S/c1-17(2)13-7-8-18(17,3)15-14(13)20-21-16(23-15)19-9-12-22-10-5-4-6-11-22/h13H,4-12H2,1-3H3/p+1/t13-,18-/m1/s1. The summed E-state index contributed by atoms with van der Waals surface area (Å²) in [4.78, 5) is 8.84. The fourth-order valence-electron chi connectivity index (χ4n) is 4.99. The minimum absolute atomic E-state index is 0.274. The Balaban J connectivity index is 1.54. The summed E-state index contributed by atoms with van der Waals surface area (Å²) in [6.45, 7) is 11.9. The Morgan fingerprint density at radius 3 is 2.74 bits per heavy atom. The number of nitrogens with one attached hydrogen (secondary N) is 1. The first kappa shape index (κ1) is 15.7. The van der Waals surface area contributed by atoms with Gasteiger partial charge in [-0.1, -0.05) is 32.1 Å². The van der Waals surface area contributed by atoms with Gasteiger partial charge in [-0.3, -0.25) is 4.99 Å². The molecule has 1 N–H and O–H groups in total. The minimum Gasteiger partial charge on any atom is -0.333 e. The van der Waals surface area contributed by atoms with Crippen LogP contribution in [0.15, 0.2) is 4.99 Å². The highest BCUT2D eigenvalue weighted by Gasteiger charge is 2.61. The summed E-state index contributed by atoms with van der Waals surface area (Å²) in [6, 6.07) is 0. The maximum atomic E-state index is 4.76. The summed E-state index contributed by atoms with van der Waals surface area (Å²) in [7, 11) is 0. The molecule has 0 aromatic carbocycles. The van der Waals surface area contributed by atoms with Gasteiger partial charge in [0.1, 0.15) is 0 Å². The van der Waals surface area contributed by atoms with Crippen molar-refractivity contribution in [1.82, 2.24) is 10.2 Å². The number of rotatable bonds is 3. The number of aromatic nitrogens is 2. The molecule has 1 aromatic heterocycles. The molecular weight excluding hydrogens is 304 g/mol. The maximum absolute atomic E-state index is 4.76. The molecule has 126 valence electrons. The average molecular weight is 334 g/mol. The van der Waals surface area contributed by atoms with Crippen molar-refractivity contribution < 1.29 is 4.90 Å². The second-order valence-corrected chi connectivity index (χ2v) is 9.36. The van der Waals surface area contributed by atoms with Crippen molar-refractivity contribution in [3.63, 3.8) is 0 Å². The van der Waals surface area contributed by atoms with E-state index in [0.717, 1.165) is 17.9 Å². The van der Waals surface area contributed by atoms with Crippen LogP contribution in [0.1, 0.15) is 69.4 Å². The Kier molecular flexibility index (Phi) is 3.84. The van der Waals surface area contributed by atoms with Crippen molar-refractivity contribution in [2.24, 2.45) is 10.4 Å². The van der Waals surface area contributed by atoms with Crippen LogP contribution in [-0.2, 0) is 5.41 Å². The third kappa shape index (κ3) is 2.39. The Labute approximate surface area is 143 Å². The van der Waals surface area contributed by atoms with E-state index < -0.39 is 0 Å². The van der Waals surface area contributed by atoms with E-state index in [-0.39, 0.29) is 5.41 Å². The number of likely N-dealkylation sites (tertiary alicyclic amines) is 1. The maximum Gasteiger partial charge on any atom is 0.225 e. The van der Waals surface area contributed by atoms with E-state index >= 15 is 0 Å². The van der Waals surface area contributed by atoms with E-state index in [1.54, 1.807) is 4.90 Å². The summed E-state index contributed by atoms with van der Waals surface area (Å²) < 4.78 is 0. The van der Waals surface area contributed by atoms with E-state index in [2.05, 4.69) is 31.0 Å². The lowest BCUT2D eigenvalue weighted by Crippen LogP contribution is -3.13. The van der Waals surface area contributed by atoms with E-state index in [1.807, 2.05) is 11.3 Å². The molecule has 2 bridgehead atoms. The van der Waals surface area contributed by atoms with Gasteiger partial charge in [-0.25, -0.2) is 0 Å². The van der Waals surface area contributed by atoms with Gasteiger partial charge in [0.15, 0.2) is 0 Å². The molecule has 0 unspecified atom stereocenters. The number of hydrogen-bond acceptors (Lipinski definition) is 4. The minimum atomic E-state index is 0.274. The van der Waals surface area contributed by atoms with Crippen LogP contribution >= 0.6 is 11.3 Å². The molecule has 0 amide bonds. The lowest BCUT2D eigenvalue weighted by molar-refractivity contribution is -0.903. The van der Waals surface area contributed by atoms with Crippen LogP contribution in [0, 0.1) is 5.41 Å². The fraction of sp³-hybridized carbons (Fsp3) is 0.833. The highest BCUT2D eigenvalue weighted by atomic mass is 32.1. The van der Waals surface area contributed by atoms with Gasteiger partial charge in [0.25, 0.3) is 0 Å². The molecule has 4 rings (SSSR count). The summed E-state index contributed by atoms with van der Waals surface area (Å²) in [5.41, 5.74) is 1.86. The van der Waals surface area contributed by atoms with Crippen molar-refractivity contribution in [3.05, 3.63) is 15.4 Å². The zero-order chi connectivity index (χ0) is 16.1. The van der Waals surface area contributed by atoms with Crippen LogP contribution in [-0.4, -0.2) is 36.4 Å². The summed E-state index contributed by atoms with van der Waals surface area (Å²) >= 11 is 1.81. The smallest absolute Gasteiger partial charge is 0.225 e. The van der Waals surface area contributed by atoms with Crippen molar-refractivity contribution in [1.29, 1.82) is 0 Å². The first-order chi connectivity index (χ1) is 11.0. The monoisotopic (exact) mass is 333 g/mol. The Morgan fingerprint density at radius 2 is 1.96 bits per heavy atom. The van der Waals surface area contributed by atoms with Crippen molar-refractivity contribution in [2.75, 3.05) is 26.2 Å². The topological polar surface area (TPSA) is 42.6 Å². The number of fused-ring (bicyclic) bond motifs is 5. The molecule has 2 aliphatic carbocycles. The van der Waals surface area contributed by atoms with E-state index in [4.69, 9.17) is 4.99 Å². The molecule has 1 saturated heterocycles. The van der Waals surface area contributed by atoms with Gasteiger partial charge in [0.05, 0.1) is 31.9 Å². The third-order valence-corrected chi connectivity index (χ3v) is 8.26. The lowest BCUT2D eigenvalue weighted by Gasteiger charge is -2.34. The van der Waals surface area contributed by atoms with E-state index in [1.165, 1.54) is 55.8 Å². The zero-order valence-corrected chi connectivity index (χ0v) is 15.5. The van der Waals surface area contributed by atoms with E-state index in [0.29, 0.717) is 11.3 Å². The number of nitrogens with zero attached hydrogens (tertiary/aromatic N) is 3. The number of hydrogen-bond donors (Lipinski definition) is 1. The molecule has 2 atom stereocenters. The molecule has 2 fully saturated rings. The molecule has 0 spiro atoms. The van der Waals surface area contributed by atoms with Crippen LogP contribution < -0.4 is 9.70 Å². The second-order valence-electron chi connectivity index (χ2n) is 8.39. The summed E-state index contributed by atoms with van der Waals surface area (Å²) in [5.74, 6) is 0.595. The fourth-order valence-corrected chi connectivity index (χ4v) is 6.29. The molecule has 1 saturated carbocycles. The molecule has 23 heavy (non-hydrogen) atoms. The third-order valence-electron chi connectivity index (χ3n) is 7.00. The highest BCUT2D eigenvalue weighted by molar-refractivity contribution is 7.09. The van der Waals surface area contributed by atoms with Crippen molar-refractivity contribution in [3.8, 4) is 0 Å². The normalized spacial score (nSPS) is 33.2. The van der Waals surface area contributed by atoms with Gasteiger partial charge in [-0.05, 0) is 37.5 Å². The second kappa shape index (κ2) is 5.62. The Hall–Kier alpha value is -0.810. The van der Waals surface area contributed by atoms with Crippen LogP contribution in [0.4, 0.5) is 0 Å². The first-order valence-electron chi connectivity index (χ1n) is 9.25. The predicted molar refractivity (Wildman–Crippen MR) is 92.9 cm³/mol. The van der Waals surface area contributed by atoms with Gasteiger partial charge in [-0.2, -0.15) is 5.10 Å². The molecule has 0 radical (unpaired) electrons. The first-order valence-corrected chi connectivity index (χ1v) is 10.1. The summed E-state index contributed by atoms with van der Waals surface area (Å²) in [5, 5.41) is 9.05. The van der Waals surface area contributed by atoms with Gasteiger partial charge < -0.3 is 4.90 Å². The molecule has 1 aromatic rings. The number of quaternary nitrogens is 1. The van der Waals surface area contributed by atoms with Crippen molar-refractivity contribution >= 4 is 11.3 Å². The van der Waals surface area contributed by atoms with Crippen molar-refractivity contribution in [2.45, 2.75) is 64.2 Å². The van der Waals surface area contributed by atoms with Gasteiger partial charge >= 0.3 is 0 Å². The predicted octanol–water partition coefficient (Wildman–Crippen LogP) is 1.68. The van der Waals surface area contributed by atoms with Crippen LogP contribution in [0.3, 0.4) is 0 Å². The molecule has 2 heterocycles. The Morgan fingerprint density at radius 1 is 1.17 bits per heavy atom. The number of piperidine rings is 1. The highest BCUT2D eigenvalue weighted by Crippen LogP contribution is 2.67. The summed E-state index contributed by atoms with van der Waals surface area (Å²) in [6.07, 6.45) is 6.73. The quantitative estimate of drug-likeness (QED) is 0.914. The molecule has 1 aliphatic heterocycles. The lowest BCUT2D eigenvalue weighted by atomic mass is 9.71. The van der Waals surface area contributed by atoms with Crippen LogP contribution in [0.5, 0.6) is 0 Å². The van der Waals surface area contributed by atoms with Crippen LogP contribution in [0.25, 0.3) is 0 Å².